The molecule has 0 fully saturated rings. The van der Waals surface area contributed by atoms with Crippen molar-refractivity contribution in [1.29, 1.82) is 0 Å². The molecule has 0 bridgehead atoms. The van der Waals surface area contributed by atoms with Gasteiger partial charge in [-0.2, -0.15) is 127 Å². The molecule has 71 heavy (non-hydrogen) atoms. The lowest BCUT2D eigenvalue weighted by atomic mass is 9.12. The molecule has 382 valence electrons. The molecule has 6 rings (SSSR count). The second-order valence-electron chi connectivity index (χ2n) is 15.8. The molecule has 0 aliphatic carbocycles. The van der Waals surface area contributed by atoms with Crippen LogP contribution in [-0.2, 0) is 56.0 Å². The summed E-state index contributed by atoms with van der Waals surface area (Å²) >= 11 is 0. The van der Waals surface area contributed by atoms with Crippen LogP contribution in [-0.4, -0.2) is 6.15 Å². The van der Waals surface area contributed by atoms with Gasteiger partial charge in [0.1, 0.15) is 6.15 Å². The summed E-state index contributed by atoms with van der Waals surface area (Å²) in [5.41, 5.74) is -27.5. The molecular weight excluding hydrogens is 1020 g/mol. The molecule has 6 aromatic rings. The van der Waals surface area contributed by atoms with Crippen molar-refractivity contribution >= 4 is 28.0 Å². The number of benzene rings is 5. The maximum Gasteiger partial charge on any atom is 0.416 e. The van der Waals surface area contributed by atoms with Gasteiger partial charge in [-0.3, -0.25) is 0 Å². The average Bonchev–Trinajstić information content (AvgIpc) is 3.22. The first-order valence-electron chi connectivity index (χ1n) is 19.5. The van der Waals surface area contributed by atoms with Crippen molar-refractivity contribution < 1.29 is 110 Å². The Morgan fingerprint density at radius 2 is 0.549 bits per heavy atom. The minimum atomic E-state index is -6.13. The van der Waals surface area contributed by atoms with Crippen LogP contribution < -0.4 is 26.4 Å². The Morgan fingerprint density at radius 3 is 0.761 bits per heavy atom. The van der Waals surface area contributed by atoms with Crippen LogP contribution in [0.5, 0.6) is 0 Å². The highest BCUT2D eigenvalue weighted by molar-refractivity contribution is 7.20. The van der Waals surface area contributed by atoms with E-state index in [1.807, 2.05) is 6.07 Å². The number of nitrogens with zero attached hydrogens (tertiary/aromatic N) is 1. The molecule has 1 nitrogen and oxygen atoms in total. The Hall–Kier alpha value is -6.37. The predicted molar refractivity (Wildman–Crippen MR) is 207 cm³/mol. The summed E-state index contributed by atoms with van der Waals surface area (Å²) in [6.07, 6.45) is -50.6. The highest BCUT2D eigenvalue weighted by Gasteiger charge is 2.47. The highest BCUT2D eigenvalue weighted by atomic mass is 19.4. The number of aryl methyl sites for hydroxylation is 1. The number of pyridine rings is 1. The molecule has 0 aliphatic rings. The van der Waals surface area contributed by atoms with Gasteiger partial charge in [0.25, 0.3) is 0 Å². The second kappa shape index (κ2) is 19.0. The molecule has 0 amide bonds. The average molecular weight is 1050 g/mol. The zero-order valence-electron chi connectivity index (χ0n) is 34.9. The van der Waals surface area contributed by atoms with Gasteiger partial charge < -0.3 is 0 Å². The van der Waals surface area contributed by atoms with E-state index in [1.165, 1.54) is 11.1 Å². The largest absolute Gasteiger partial charge is 0.416 e. The van der Waals surface area contributed by atoms with Gasteiger partial charge in [0.05, 0.1) is 44.5 Å². The van der Waals surface area contributed by atoms with E-state index in [0.29, 0.717) is 0 Å². The van der Waals surface area contributed by atoms with Crippen molar-refractivity contribution in [1.82, 2.24) is 0 Å². The summed E-state index contributed by atoms with van der Waals surface area (Å²) in [7, 11) is 0. The van der Waals surface area contributed by atoms with Crippen molar-refractivity contribution in [3.05, 3.63) is 183 Å². The van der Waals surface area contributed by atoms with Crippen molar-refractivity contribution in [3.8, 4) is 0 Å². The van der Waals surface area contributed by atoms with Crippen LogP contribution in [0, 0.1) is 6.92 Å². The van der Waals surface area contributed by atoms with Gasteiger partial charge in [0, 0.05) is 17.7 Å². The van der Waals surface area contributed by atoms with E-state index in [-0.39, 0.29) is 0 Å². The molecule has 0 N–H and O–H groups in total. The van der Waals surface area contributed by atoms with Crippen LogP contribution in [0.1, 0.15) is 55.6 Å². The zero-order chi connectivity index (χ0) is 53.7. The molecule has 0 spiro atoms. The first-order valence-corrected chi connectivity index (χ1v) is 19.5. The SMILES string of the molecule is Cc1cccc(C[n+]2ccccc2)c1.FC(F)(F)c1cc([B-](c2cc(C(F)(F)F)cc(C(F)(F)F)c2)(c2cc(C(F)(F)F)cc(C(F)(F)F)c2)c2cc(C(F)(F)F)cc(C(F)(F)F)c2)cc(C(F)(F)F)c1. The van der Waals surface area contributed by atoms with Crippen molar-refractivity contribution in [2.24, 2.45) is 0 Å². The maximum absolute atomic E-state index is 14.2. The maximum atomic E-state index is 14.2. The zero-order valence-corrected chi connectivity index (χ0v) is 34.9. The molecule has 1 heterocycles. The summed E-state index contributed by atoms with van der Waals surface area (Å²) < 4.78 is 343. The van der Waals surface area contributed by atoms with Crippen LogP contribution in [0.4, 0.5) is 105 Å². The van der Waals surface area contributed by atoms with Crippen molar-refractivity contribution in [2.45, 2.75) is 62.9 Å². The number of hydrogen-bond acceptors (Lipinski definition) is 0. The normalized spacial score (nSPS) is 13.5. The lowest BCUT2D eigenvalue weighted by Gasteiger charge is -2.46. The molecule has 0 atom stereocenters. The minimum absolute atomic E-state index is 0.691. The summed E-state index contributed by atoms with van der Waals surface area (Å²) in [6.45, 7) is 3.07. The second-order valence-corrected chi connectivity index (χ2v) is 15.8. The fourth-order valence-corrected chi connectivity index (χ4v) is 7.63. The Kier molecular flexibility index (Phi) is 14.9. The fraction of sp³-hybridized carbons (Fsp3) is 0.222. The van der Waals surface area contributed by atoms with E-state index >= 15 is 0 Å². The summed E-state index contributed by atoms with van der Waals surface area (Å²) in [4.78, 5) is 0. The molecule has 0 saturated heterocycles. The number of halogens is 24. The molecule has 26 heteroatoms. The smallest absolute Gasteiger partial charge is 0.201 e. The Bertz CT molecular complexity index is 2410. The van der Waals surface area contributed by atoms with E-state index in [2.05, 4.69) is 60.3 Å². The van der Waals surface area contributed by atoms with Crippen LogP contribution in [0.2, 0.25) is 0 Å². The number of hydrogen-bond donors (Lipinski definition) is 0. The minimum Gasteiger partial charge on any atom is -0.201 e. The Balaban J connectivity index is 0.000000569. The van der Waals surface area contributed by atoms with E-state index in [9.17, 15) is 105 Å². The Labute approximate surface area is 383 Å². The quantitative estimate of drug-likeness (QED) is 0.0889. The highest BCUT2D eigenvalue weighted by Crippen LogP contribution is 2.41. The van der Waals surface area contributed by atoms with Gasteiger partial charge in [-0.15, -0.1) is 0 Å². The number of alkyl halides is 24. The monoisotopic (exact) mass is 1050 g/mol. The third-order valence-electron chi connectivity index (χ3n) is 10.7. The lowest BCUT2D eigenvalue weighted by molar-refractivity contribution is -0.688. The third-order valence-corrected chi connectivity index (χ3v) is 10.7. The van der Waals surface area contributed by atoms with Gasteiger partial charge in [-0.05, 0) is 37.3 Å². The summed E-state index contributed by atoms with van der Waals surface area (Å²) in [5, 5.41) is 0. The van der Waals surface area contributed by atoms with Gasteiger partial charge >= 0.3 is 49.4 Å². The fourth-order valence-electron chi connectivity index (χ4n) is 7.63. The third kappa shape index (κ3) is 13.1. The lowest BCUT2D eigenvalue weighted by Crippen LogP contribution is -2.75. The molecular formula is C45H26BF24N. The van der Waals surface area contributed by atoms with Gasteiger partial charge in [0.2, 0.25) is 0 Å². The van der Waals surface area contributed by atoms with E-state index in [1.54, 1.807) is 0 Å². The molecule has 0 saturated carbocycles. The first kappa shape index (κ1) is 55.6. The van der Waals surface area contributed by atoms with Gasteiger partial charge in [0.15, 0.2) is 18.9 Å². The summed E-state index contributed by atoms with van der Waals surface area (Å²) in [6, 6.07) is 5.94. The van der Waals surface area contributed by atoms with Gasteiger partial charge in [-0.25, -0.2) is 4.57 Å². The number of aromatic nitrogens is 1. The van der Waals surface area contributed by atoms with Crippen molar-refractivity contribution in [3.63, 3.8) is 0 Å². The molecule has 0 aliphatic heterocycles. The molecule has 1 aromatic heterocycles. The predicted octanol–water partition coefficient (Wildman–Crippen LogP) is 13.5. The topological polar surface area (TPSA) is 3.88 Å². The summed E-state index contributed by atoms with van der Waals surface area (Å²) in [5.74, 6) is 0. The van der Waals surface area contributed by atoms with Crippen molar-refractivity contribution in [2.75, 3.05) is 0 Å². The Morgan fingerprint density at radius 1 is 0.310 bits per heavy atom. The van der Waals surface area contributed by atoms with Crippen LogP contribution in [0.15, 0.2) is 128 Å². The molecule has 0 radical (unpaired) electrons. The van der Waals surface area contributed by atoms with E-state index < -0.39 is 195 Å². The van der Waals surface area contributed by atoms with Crippen LogP contribution >= 0.6 is 0 Å². The van der Waals surface area contributed by atoms with E-state index in [0.717, 1.165) is 6.54 Å². The molecule has 0 unspecified atom stereocenters. The first-order chi connectivity index (χ1) is 32.1. The van der Waals surface area contributed by atoms with Crippen LogP contribution in [0.3, 0.4) is 0 Å². The number of rotatable bonds is 6. The standard InChI is InChI=1S/C32H12BF24.C13H14N/c34-25(35,36)13-1-14(26(37,38)39)6-21(5-13)33(22-7-15(27(40,41)42)2-16(8-22)28(43,44)45,23-9-17(29(46,47)48)3-18(10-23)30(49,50)51)24-11-19(31(52,53)54)4-20(12-24)32(55,56)57;1-12-6-5-7-13(10-12)11-14-8-3-2-4-9-14/h1-12H;2-10H,11H2,1H3/q-1;+1. The van der Waals surface area contributed by atoms with Crippen LogP contribution in [0.25, 0.3) is 0 Å². The van der Waals surface area contributed by atoms with E-state index in [4.69, 9.17) is 0 Å². The van der Waals surface area contributed by atoms with Gasteiger partial charge in [-0.1, -0.05) is 78.4 Å². The molecule has 5 aromatic carbocycles.